The molecule has 0 unspecified atom stereocenters. The Kier molecular flexibility index (Phi) is 4.10. The molecule has 0 amide bonds. The van der Waals surface area contributed by atoms with Gasteiger partial charge in [-0.3, -0.25) is 0 Å². The molecular weight excluding hydrogens is 367 g/mol. The summed E-state index contributed by atoms with van der Waals surface area (Å²) in [6.07, 6.45) is 0. The summed E-state index contributed by atoms with van der Waals surface area (Å²) in [4.78, 5) is 0.717. The van der Waals surface area contributed by atoms with E-state index in [1.807, 2.05) is 24.3 Å². The summed E-state index contributed by atoms with van der Waals surface area (Å²) in [6, 6.07) is 14.7. The molecule has 0 atom stereocenters. The molecule has 0 bridgehead atoms. The summed E-state index contributed by atoms with van der Waals surface area (Å²) < 4.78 is 7.41. The molecular formula is C16H10Cl2N4OS. The van der Waals surface area contributed by atoms with Crippen molar-refractivity contribution in [2.75, 3.05) is 0 Å². The number of hydrogen-bond acceptors (Lipinski definition) is 5. The quantitative estimate of drug-likeness (QED) is 0.516. The van der Waals surface area contributed by atoms with Crippen LogP contribution < -0.4 is 4.74 Å². The molecule has 120 valence electrons. The van der Waals surface area contributed by atoms with Crippen molar-refractivity contribution in [1.82, 2.24) is 19.8 Å². The van der Waals surface area contributed by atoms with Gasteiger partial charge in [-0.25, -0.2) is 0 Å². The van der Waals surface area contributed by atoms with Crippen LogP contribution in [0.2, 0.25) is 10.0 Å². The van der Waals surface area contributed by atoms with Crippen molar-refractivity contribution >= 4 is 39.5 Å². The first-order valence-corrected chi connectivity index (χ1v) is 8.62. The van der Waals surface area contributed by atoms with Crippen LogP contribution in [0.25, 0.3) is 15.5 Å². The van der Waals surface area contributed by atoms with Crippen LogP contribution in [0.1, 0.15) is 5.82 Å². The normalized spacial score (nSPS) is 11.1. The van der Waals surface area contributed by atoms with Crippen LogP contribution in [0.15, 0.2) is 48.5 Å². The second-order valence-corrected chi connectivity index (χ2v) is 6.80. The number of benzene rings is 2. The maximum absolute atomic E-state index is 5.92. The molecule has 2 heterocycles. The van der Waals surface area contributed by atoms with Crippen molar-refractivity contribution in [3.63, 3.8) is 0 Å². The van der Waals surface area contributed by atoms with E-state index in [1.54, 1.807) is 28.8 Å². The number of rotatable bonds is 4. The highest BCUT2D eigenvalue weighted by molar-refractivity contribution is 7.19. The molecule has 0 N–H and O–H groups in total. The minimum absolute atomic E-state index is 0.270. The molecule has 2 aromatic carbocycles. The van der Waals surface area contributed by atoms with E-state index in [1.165, 1.54) is 11.3 Å². The van der Waals surface area contributed by atoms with Gasteiger partial charge in [-0.15, -0.1) is 10.2 Å². The van der Waals surface area contributed by atoms with E-state index in [0.717, 1.165) is 15.5 Å². The summed E-state index contributed by atoms with van der Waals surface area (Å²) in [7, 11) is 0. The van der Waals surface area contributed by atoms with Gasteiger partial charge in [-0.05, 0) is 36.4 Å². The summed E-state index contributed by atoms with van der Waals surface area (Å²) in [5, 5.41) is 15.1. The molecule has 0 aliphatic carbocycles. The Morgan fingerprint density at radius 2 is 1.58 bits per heavy atom. The molecule has 4 rings (SSSR count). The molecule has 0 aliphatic heterocycles. The van der Waals surface area contributed by atoms with Gasteiger partial charge in [-0.1, -0.05) is 46.7 Å². The Morgan fingerprint density at radius 3 is 2.29 bits per heavy atom. The van der Waals surface area contributed by atoms with Crippen molar-refractivity contribution in [1.29, 1.82) is 0 Å². The van der Waals surface area contributed by atoms with Crippen LogP contribution in [0.5, 0.6) is 5.75 Å². The van der Waals surface area contributed by atoms with E-state index in [9.17, 15) is 0 Å². The summed E-state index contributed by atoms with van der Waals surface area (Å²) in [5.74, 6) is 1.35. The molecule has 0 radical (unpaired) electrons. The molecule has 0 saturated carbocycles. The largest absolute Gasteiger partial charge is 0.486 e. The first kappa shape index (κ1) is 15.4. The molecule has 4 aromatic rings. The first-order chi connectivity index (χ1) is 11.7. The van der Waals surface area contributed by atoms with Crippen molar-refractivity contribution < 1.29 is 4.74 Å². The smallest absolute Gasteiger partial charge is 0.235 e. The maximum atomic E-state index is 5.92. The fourth-order valence-electron chi connectivity index (χ4n) is 2.14. The third-order valence-electron chi connectivity index (χ3n) is 3.33. The zero-order valence-corrected chi connectivity index (χ0v) is 14.5. The van der Waals surface area contributed by atoms with Gasteiger partial charge < -0.3 is 4.74 Å². The van der Waals surface area contributed by atoms with Crippen LogP contribution in [-0.2, 0) is 6.61 Å². The second kappa shape index (κ2) is 6.39. The number of aromatic nitrogens is 4. The number of halogens is 2. The van der Waals surface area contributed by atoms with Gasteiger partial charge in [0, 0.05) is 15.6 Å². The SMILES string of the molecule is Clc1ccc(OCc2nnc3sc(-c4ccc(Cl)cc4)nn23)cc1. The van der Waals surface area contributed by atoms with Gasteiger partial charge in [0.15, 0.2) is 5.82 Å². The second-order valence-electron chi connectivity index (χ2n) is 4.97. The highest BCUT2D eigenvalue weighted by Gasteiger charge is 2.13. The lowest BCUT2D eigenvalue weighted by molar-refractivity contribution is 0.293. The Balaban J connectivity index is 1.58. The molecule has 0 saturated heterocycles. The van der Waals surface area contributed by atoms with Crippen molar-refractivity contribution in [3.05, 3.63) is 64.4 Å². The highest BCUT2D eigenvalue weighted by Crippen LogP contribution is 2.26. The minimum Gasteiger partial charge on any atom is -0.486 e. The van der Waals surface area contributed by atoms with Gasteiger partial charge >= 0.3 is 0 Å². The molecule has 2 aromatic heterocycles. The fourth-order valence-corrected chi connectivity index (χ4v) is 3.25. The average Bonchev–Trinajstić information content (AvgIpc) is 3.16. The van der Waals surface area contributed by atoms with Gasteiger partial charge in [-0.2, -0.15) is 9.61 Å². The lowest BCUT2D eigenvalue weighted by Gasteiger charge is -2.03. The van der Waals surface area contributed by atoms with E-state index in [2.05, 4.69) is 15.3 Å². The molecule has 8 heteroatoms. The highest BCUT2D eigenvalue weighted by atomic mass is 35.5. The number of fused-ring (bicyclic) bond motifs is 1. The van der Waals surface area contributed by atoms with Gasteiger partial charge in [0.2, 0.25) is 4.96 Å². The predicted molar refractivity (Wildman–Crippen MR) is 94.9 cm³/mol. The average molecular weight is 377 g/mol. The van der Waals surface area contributed by atoms with Crippen molar-refractivity contribution in [2.45, 2.75) is 6.61 Å². The minimum atomic E-state index is 0.270. The molecule has 0 fully saturated rings. The van der Waals surface area contributed by atoms with Gasteiger partial charge in [0.25, 0.3) is 0 Å². The molecule has 0 spiro atoms. The van der Waals surface area contributed by atoms with Crippen LogP contribution in [0.4, 0.5) is 0 Å². The number of hydrogen-bond donors (Lipinski definition) is 0. The van der Waals surface area contributed by atoms with Crippen LogP contribution in [0.3, 0.4) is 0 Å². The monoisotopic (exact) mass is 376 g/mol. The first-order valence-electron chi connectivity index (χ1n) is 7.04. The zero-order chi connectivity index (χ0) is 16.5. The standard InChI is InChI=1S/C16H10Cl2N4OS/c17-11-3-1-10(2-4-11)15-21-22-14(19-20-16(22)24-15)9-23-13-7-5-12(18)6-8-13/h1-8H,9H2. The number of ether oxygens (including phenoxy) is 1. The van der Waals surface area contributed by atoms with Gasteiger partial charge in [0.1, 0.15) is 17.4 Å². The van der Waals surface area contributed by atoms with Crippen LogP contribution in [-0.4, -0.2) is 19.8 Å². The van der Waals surface area contributed by atoms with Crippen LogP contribution in [0, 0.1) is 0 Å². The summed E-state index contributed by atoms with van der Waals surface area (Å²) >= 11 is 13.2. The van der Waals surface area contributed by atoms with Gasteiger partial charge in [0.05, 0.1) is 0 Å². The van der Waals surface area contributed by atoms with E-state index in [-0.39, 0.29) is 6.61 Å². The van der Waals surface area contributed by atoms with E-state index < -0.39 is 0 Å². The van der Waals surface area contributed by atoms with Crippen molar-refractivity contribution in [2.24, 2.45) is 0 Å². The predicted octanol–water partition coefficient (Wildman–Crippen LogP) is 4.74. The zero-order valence-electron chi connectivity index (χ0n) is 12.2. The Bertz CT molecular complexity index is 980. The maximum Gasteiger partial charge on any atom is 0.235 e. The van der Waals surface area contributed by atoms with E-state index in [4.69, 9.17) is 27.9 Å². The lowest BCUT2D eigenvalue weighted by Crippen LogP contribution is -2.02. The lowest BCUT2D eigenvalue weighted by atomic mass is 10.2. The van der Waals surface area contributed by atoms with E-state index >= 15 is 0 Å². The van der Waals surface area contributed by atoms with E-state index in [0.29, 0.717) is 21.6 Å². The Hall–Kier alpha value is -2.15. The molecule has 24 heavy (non-hydrogen) atoms. The third-order valence-corrected chi connectivity index (χ3v) is 4.78. The Morgan fingerprint density at radius 1 is 0.917 bits per heavy atom. The van der Waals surface area contributed by atoms with Crippen LogP contribution >= 0.6 is 34.5 Å². The molecule has 0 aliphatic rings. The third kappa shape index (κ3) is 3.08. The molecule has 5 nitrogen and oxygen atoms in total. The fraction of sp³-hybridized carbons (Fsp3) is 0.0625. The topological polar surface area (TPSA) is 52.3 Å². The summed E-state index contributed by atoms with van der Waals surface area (Å²) in [6.45, 7) is 0.270. The van der Waals surface area contributed by atoms with Crippen molar-refractivity contribution in [3.8, 4) is 16.3 Å². The summed E-state index contributed by atoms with van der Waals surface area (Å²) in [5.41, 5.74) is 0.986. The number of nitrogens with zero attached hydrogens (tertiary/aromatic N) is 4. The Labute approximate surface area is 151 Å².